The highest BCUT2D eigenvalue weighted by Gasteiger charge is 2.12. The summed E-state index contributed by atoms with van der Waals surface area (Å²) in [7, 11) is 3.19. The summed E-state index contributed by atoms with van der Waals surface area (Å²) in [6.45, 7) is 2.01. The molecule has 0 saturated heterocycles. The van der Waals surface area contributed by atoms with Gasteiger partial charge in [-0.25, -0.2) is 0 Å². The molecule has 0 radical (unpaired) electrons. The molecule has 0 aromatic heterocycles. The third-order valence-electron chi connectivity index (χ3n) is 2.23. The maximum atomic E-state index is 9.10. The highest BCUT2D eigenvalue weighted by Crippen LogP contribution is 2.34. The fourth-order valence-electron chi connectivity index (χ4n) is 1.49. The number of aliphatic hydroxyl groups excluding tert-OH is 1. The molecule has 0 unspecified atom stereocenters. The summed E-state index contributed by atoms with van der Waals surface area (Å²) in [5.41, 5.74) is 1.84. The average molecular weight is 196 g/mol. The topological polar surface area (TPSA) is 38.7 Å². The summed E-state index contributed by atoms with van der Waals surface area (Å²) >= 11 is 0. The van der Waals surface area contributed by atoms with Gasteiger partial charge in [-0.1, -0.05) is 19.1 Å². The Hall–Kier alpha value is -1.22. The summed E-state index contributed by atoms with van der Waals surface area (Å²) in [6, 6.07) is 3.81. The molecular weight excluding hydrogens is 180 g/mol. The standard InChI is InChI=1S/C11H16O3/c1-4-8-5-6-9(7-12)11(14-3)10(8)13-2/h5-6,12H,4,7H2,1-3H3. The maximum Gasteiger partial charge on any atom is 0.166 e. The Morgan fingerprint density at radius 3 is 2.00 bits per heavy atom. The molecule has 3 heteroatoms. The molecule has 0 atom stereocenters. The molecule has 0 fully saturated rings. The van der Waals surface area contributed by atoms with Gasteiger partial charge in [0, 0.05) is 5.56 Å². The Bertz CT molecular complexity index is 277. The molecule has 0 spiro atoms. The lowest BCUT2D eigenvalue weighted by Gasteiger charge is -2.14. The SMILES string of the molecule is CCc1ccc(CO)c(OC)c1OC. The van der Waals surface area contributed by atoms with Crippen LogP contribution in [0.5, 0.6) is 11.5 Å². The van der Waals surface area contributed by atoms with Crippen LogP contribution in [0.4, 0.5) is 0 Å². The van der Waals surface area contributed by atoms with Gasteiger partial charge in [0.05, 0.1) is 20.8 Å². The van der Waals surface area contributed by atoms with E-state index < -0.39 is 0 Å². The summed E-state index contributed by atoms with van der Waals surface area (Å²) in [5, 5.41) is 9.10. The van der Waals surface area contributed by atoms with Crippen molar-refractivity contribution in [2.75, 3.05) is 14.2 Å². The minimum absolute atomic E-state index is 0.0382. The molecule has 0 amide bonds. The average Bonchev–Trinajstić information content (AvgIpc) is 2.26. The van der Waals surface area contributed by atoms with Crippen molar-refractivity contribution in [2.45, 2.75) is 20.0 Å². The first-order chi connectivity index (χ1) is 6.78. The number of ether oxygens (including phenoxy) is 2. The van der Waals surface area contributed by atoms with Crippen LogP contribution in [0.25, 0.3) is 0 Å². The van der Waals surface area contributed by atoms with E-state index in [9.17, 15) is 0 Å². The van der Waals surface area contributed by atoms with E-state index in [1.54, 1.807) is 14.2 Å². The molecular formula is C11H16O3. The molecule has 1 N–H and O–H groups in total. The predicted octanol–water partition coefficient (Wildman–Crippen LogP) is 1.76. The van der Waals surface area contributed by atoms with E-state index in [4.69, 9.17) is 14.6 Å². The van der Waals surface area contributed by atoms with Gasteiger partial charge in [0.15, 0.2) is 11.5 Å². The molecule has 1 aromatic rings. The quantitative estimate of drug-likeness (QED) is 0.797. The zero-order valence-electron chi connectivity index (χ0n) is 8.83. The molecule has 0 aliphatic carbocycles. The number of hydrogen-bond donors (Lipinski definition) is 1. The van der Waals surface area contributed by atoms with Crippen molar-refractivity contribution < 1.29 is 14.6 Å². The summed E-state index contributed by atoms with van der Waals surface area (Å²) in [6.07, 6.45) is 0.880. The second-order valence-corrected chi connectivity index (χ2v) is 2.96. The number of rotatable bonds is 4. The molecule has 1 aromatic carbocycles. The van der Waals surface area contributed by atoms with Crippen molar-refractivity contribution in [1.29, 1.82) is 0 Å². The van der Waals surface area contributed by atoms with E-state index >= 15 is 0 Å². The largest absolute Gasteiger partial charge is 0.493 e. The molecule has 0 aliphatic rings. The van der Waals surface area contributed by atoms with Gasteiger partial charge in [-0.3, -0.25) is 0 Å². The van der Waals surface area contributed by atoms with Crippen LogP contribution in [-0.2, 0) is 13.0 Å². The van der Waals surface area contributed by atoms with Gasteiger partial charge >= 0.3 is 0 Å². The molecule has 14 heavy (non-hydrogen) atoms. The third-order valence-corrected chi connectivity index (χ3v) is 2.23. The van der Waals surface area contributed by atoms with Crippen LogP contribution in [0.1, 0.15) is 18.1 Å². The van der Waals surface area contributed by atoms with Gasteiger partial charge in [0.25, 0.3) is 0 Å². The van der Waals surface area contributed by atoms with E-state index in [-0.39, 0.29) is 6.61 Å². The van der Waals surface area contributed by atoms with Crippen molar-refractivity contribution in [2.24, 2.45) is 0 Å². The van der Waals surface area contributed by atoms with E-state index in [1.165, 1.54) is 0 Å². The molecule has 1 rings (SSSR count). The molecule has 78 valence electrons. The first kappa shape index (κ1) is 10.9. The van der Waals surface area contributed by atoms with Crippen molar-refractivity contribution in [3.8, 4) is 11.5 Å². The first-order valence-electron chi connectivity index (χ1n) is 4.62. The zero-order valence-corrected chi connectivity index (χ0v) is 8.83. The van der Waals surface area contributed by atoms with Crippen LogP contribution in [0.2, 0.25) is 0 Å². The van der Waals surface area contributed by atoms with Gasteiger partial charge in [-0.05, 0) is 12.0 Å². The lowest BCUT2D eigenvalue weighted by molar-refractivity contribution is 0.269. The Morgan fingerprint density at radius 1 is 1.07 bits per heavy atom. The number of benzene rings is 1. The Morgan fingerprint density at radius 2 is 1.57 bits per heavy atom. The van der Waals surface area contributed by atoms with Crippen molar-refractivity contribution in [3.63, 3.8) is 0 Å². The lowest BCUT2D eigenvalue weighted by Crippen LogP contribution is -1.99. The second-order valence-electron chi connectivity index (χ2n) is 2.96. The Kier molecular flexibility index (Phi) is 3.77. The minimum Gasteiger partial charge on any atom is -0.493 e. The van der Waals surface area contributed by atoms with Crippen LogP contribution < -0.4 is 9.47 Å². The Labute approximate surface area is 84.3 Å². The monoisotopic (exact) mass is 196 g/mol. The van der Waals surface area contributed by atoms with Gasteiger partial charge in [0.1, 0.15) is 0 Å². The van der Waals surface area contributed by atoms with Gasteiger partial charge in [-0.2, -0.15) is 0 Å². The summed E-state index contributed by atoms with van der Waals surface area (Å²) < 4.78 is 10.5. The second kappa shape index (κ2) is 4.86. The van der Waals surface area contributed by atoms with Crippen LogP contribution in [0.15, 0.2) is 12.1 Å². The highest BCUT2D eigenvalue weighted by molar-refractivity contribution is 5.51. The Balaban J connectivity index is 3.28. The smallest absolute Gasteiger partial charge is 0.166 e. The zero-order chi connectivity index (χ0) is 10.6. The first-order valence-corrected chi connectivity index (χ1v) is 4.62. The molecule has 3 nitrogen and oxygen atoms in total. The summed E-state index contributed by atoms with van der Waals surface area (Å²) in [4.78, 5) is 0. The van der Waals surface area contributed by atoms with Gasteiger partial charge < -0.3 is 14.6 Å². The number of hydrogen-bond acceptors (Lipinski definition) is 3. The fourth-order valence-corrected chi connectivity index (χ4v) is 1.49. The van der Waals surface area contributed by atoms with E-state index in [0.29, 0.717) is 5.75 Å². The maximum absolute atomic E-state index is 9.10. The van der Waals surface area contributed by atoms with Crippen LogP contribution in [0.3, 0.4) is 0 Å². The molecule has 0 aliphatic heterocycles. The van der Waals surface area contributed by atoms with Crippen LogP contribution in [-0.4, -0.2) is 19.3 Å². The van der Waals surface area contributed by atoms with E-state index in [2.05, 4.69) is 6.92 Å². The minimum atomic E-state index is -0.0382. The molecule has 0 saturated carbocycles. The number of methoxy groups -OCH3 is 2. The number of aryl methyl sites for hydroxylation is 1. The highest BCUT2D eigenvalue weighted by atomic mass is 16.5. The van der Waals surface area contributed by atoms with Crippen molar-refractivity contribution >= 4 is 0 Å². The van der Waals surface area contributed by atoms with Crippen LogP contribution in [0, 0.1) is 0 Å². The fraction of sp³-hybridized carbons (Fsp3) is 0.455. The lowest BCUT2D eigenvalue weighted by atomic mass is 10.1. The van der Waals surface area contributed by atoms with Crippen LogP contribution >= 0.6 is 0 Å². The molecule has 0 bridgehead atoms. The third kappa shape index (κ3) is 1.82. The van der Waals surface area contributed by atoms with Gasteiger partial charge in [-0.15, -0.1) is 0 Å². The molecule has 0 heterocycles. The number of aliphatic hydroxyl groups is 1. The van der Waals surface area contributed by atoms with Gasteiger partial charge in [0.2, 0.25) is 0 Å². The normalized spacial score (nSPS) is 10.0. The van der Waals surface area contributed by atoms with E-state index in [0.717, 1.165) is 23.3 Å². The summed E-state index contributed by atoms with van der Waals surface area (Å²) in [5.74, 6) is 1.36. The van der Waals surface area contributed by atoms with E-state index in [1.807, 2.05) is 12.1 Å². The van der Waals surface area contributed by atoms with Crippen molar-refractivity contribution in [3.05, 3.63) is 23.3 Å². The van der Waals surface area contributed by atoms with Crippen molar-refractivity contribution in [1.82, 2.24) is 0 Å². The predicted molar refractivity (Wildman–Crippen MR) is 54.8 cm³/mol.